The fourth-order valence-corrected chi connectivity index (χ4v) is 2.83. The molecule has 1 N–H and O–H groups in total. The third-order valence-electron chi connectivity index (χ3n) is 4.21. The number of ether oxygens (including phenoxy) is 1. The summed E-state index contributed by atoms with van der Waals surface area (Å²) < 4.78 is 7.39. The van der Waals surface area contributed by atoms with Crippen LogP contribution in [0.15, 0.2) is 36.8 Å². The molecule has 0 bridgehead atoms. The SMILES string of the molecule is C[C@H]1OCCC[C@@H]1C(=O)Nc1ccn(CCc2ccncc2)n1. The lowest BCUT2D eigenvalue weighted by atomic mass is 9.94. The van der Waals surface area contributed by atoms with E-state index in [1.54, 1.807) is 12.4 Å². The van der Waals surface area contributed by atoms with Crippen LogP contribution in [0.25, 0.3) is 0 Å². The minimum atomic E-state index is -0.0919. The lowest BCUT2D eigenvalue weighted by Crippen LogP contribution is -2.36. The molecule has 1 aliphatic heterocycles. The first-order valence-electron chi connectivity index (χ1n) is 8.07. The third kappa shape index (κ3) is 4.16. The lowest BCUT2D eigenvalue weighted by Gasteiger charge is -2.27. The molecule has 1 aliphatic rings. The Bertz CT molecular complexity index is 641. The van der Waals surface area contributed by atoms with Crippen molar-refractivity contribution in [2.24, 2.45) is 5.92 Å². The number of amides is 1. The van der Waals surface area contributed by atoms with E-state index < -0.39 is 0 Å². The quantitative estimate of drug-likeness (QED) is 0.919. The number of carbonyl (C=O) groups excluding carboxylic acids is 1. The molecular weight excluding hydrogens is 292 g/mol. The van der Waals surface area contributed by atoms with Crippen molar-refractivity contribution in [1.29, 1.82) is 0 Å². The Morgan fingerprint density at radius 3 is 3.00 bits per heavy atom. The van der Waals surface area contributed by atoms with Crippen LogP contribution in [-0.4, -0.2) is 33.4 Å². The van der Waals surface area contributed by atoms with Crippen molar-refractivity contribution >= 4 is 11.7 Å². The first-order chi connectivity index (χ1) is 11.2. The molecule has 0 radical (unpaired) electrons. The van der Waals surface area contributed by atoms with E-state index in [-0.39, 0.29) is 17.9 Å². The second kappa shape index (κ2) is 7.37. The van der Waals surface area contributed by atoms with Gasteiger partial charge in [0.25, 0.3) is 0 Å². The first kappa shape index (κ1) is 15.7. The van der Waals surface area contributed by atoms with E-state index in [9.17, 15) is 4.79 Å². The first-order valence-corrected chi connectivity index (χ1v) is 8.07. The molecule has 0 aromatic carbocycles. The van der Waals surface area contributed by atoms with Gasteiger partial charge in [-0.1, -0.05) is 0 Å². The van der Waals surface area contributed by atoms with Crippen LogP contribution >= 0.6 is 0 Å². The van der Waals surface area contributed by atoms with E-state index >= 15 is 0 Å². The topological polar surface area (TPSA) is 69.0 Å². The number of hydrogen-bond acceptors (Lipinski definition) is 4. The van der Waals surface area contributed by atoms with Gasteiger partial charge in [0.15, 0.2) is 5.82 Å². The zero-order chi connectivity index (χ0) is 16.1. The van der Waals surface area contributed by atoms with Crippen LogP contribution in [0, 0.1) is 5.92 Å². The maximum absolute atomic E-state index is 12.3. The van der Waals surface area contributed by atoms with E-state index in [4.69, 9.17) is 4.74 Å². The highest BCUT2D eigenvalue weighted by Crippen LogP contribution is 2.22. The number of anilines is 1. The molecule has 0 saturated carbocycles. The number of carbonyl (C=O) groups is 1. The molecule has 2 atom stereocenters. The molecule has 0 aliphatic carbocycles. The van der Waals surface area contributed by atoms with Gasteiger partial charge in [0, 0.05) is 37.8 Å². The summed E-state index contributed by atoms with van der Waals surface area (Å²) >= 11 is 0. The number of pyridine rings is 1. The van der Waals surface area contributed by atoms with Crippen LogP contribution < -0.4 is 5.32 Å². The number of nitrogens with one attached hydrogen (secondary N) is 1. The summed E-state index contributed by atoms with van der Waals surface area (Å²) in [4.78, 5) is 16.3. The molecule has 6 heteroatoms. The van der Waals surface area contributed by atoms with Gasteiger partial charge in [0.1, 0.15) is 0 Å². The van der Waals surface area contributed by atoms with Crippen LogP contribution in [0.1, 0.15) is 25.3 Å². The smallest absolute Gasteiger partial charge is 0.231 e. The van der Waals surface area contributed by atoms with Crippen molar-refractivity contribution in [2.45, 2.75) is 38.8 Å². The van der Waals surface area contributed by atoms with Gasteiger partial charge in [-0.3, -0.25) is 14.5 Å². The van der Waals surface area contributed by atoms with E-state index in [0.717, 1.165) is 32.4 Å². The number of aryl methyl sites for hydroxylation is 2. The van der Waals surface area contributed by atoms with Crippen LogP contribution in [0.2, 0.25) is 0 Å². The van der Waals surface area contributed by atoms with Crippen molar-refractivity contribution in [3.8, 4) is 0 Å². The average molecular weight is 314 g/mol. The number of aromatic nitrogens is 3. The predicted molar refractivity (Wildman–Crippen MR) is 86.9 cm³/mol. The number of hydrogen-bond donors (Lipinski definition) is 1. The fraction of sp³-hybridized carbons (Fsp3) is 0.471. The summed E-state index contributed by atoms with van der Waals surface area (Å²) in [6, 6.07) is 5.83. The zero-order valence-corrected chi connectivity index (χ0v) is 13.3. The monoisotopic (exact) mass is 314 g/mol. The summed E-state index contributed by atoms with van der Waals surface area (Å²) in [7, 11) is 0. The highest BCUT2D eigenvalue weighted by atomic mass is 16.5. The summed E-state index contributed by atoms with van der Waals surface area (Å²) in [5.74, 6) is 0.504. The van der Waals surface area contributed by atoms with Crippen LogP contribution in [-0.2, 0) is 22.5 Å². The maximum Gasteiger partial charge on any atom is 0.231 e. The van der Waals surface area contributed by atoms with Crippen molar-refractivity contribution < 1.29 is 9.53 Å². The van der Waals surface area contributed by atoms with Gasteiger partial charge in [-0.05, 0) is 43.9 Å². The number of nitrogens with zero attached hydrogens (tertiary/aromatic N) is 3. The van der Waals surface area contributed by atoms with E-state index in [0.29, 0.717) is 5.82 Å². The molecule has 23 heavy (non-hydrogen) atoms. The molecule has 2 aromatic rings. The van der Waals surface area contributed by atoms with E-state index in [1.165, 1.54) is 5.56 Å². The Morgan fingerprint density at radius 2 is 2.22 bits per heavy atom. The molecule has 0 spiro atoms. The van der Waals surface area contributed by atoms with Gasteiger partial charge in [0.05, 0.1) is 12.0 Å². The van der Waals surface area contributed by atoms with Gasteiger partial charge >= 0.3 is 0 Å². The van der Waals surface area contributed by atoms with Gasteiger partial charge < -0.3 is 10.1 Å². The fourth-order valence-electron chi connectivity index (χ4n) is 2.83. The van der Waals surface area contributed by atoms with Gasteiger partial charge in [-0.15, -0.1) is 0 Å². The largest absolute Gasteiger partial charge is 0.378 e. The van der Waals surface area contributed by atoms with Crippen LogP contribution in [0.3, 0.4) is 0 Å². The molecule has 3 rings (SSSR count). The molecule has 1 amide bonds. The Kier molecular flexibility index (Phi) is 5.02. The van der Waals surface area contributed by atoms with Crippen molar-refractivity contribution in [3.63, 3.8) is 0 Å². The summed E-state index contributed by atoms with van der Waals surface area (Å²) in [6.07, 6.45) is 8.12. The Hall–Kier alpha value is -2.21. The second-order valence-corrected chi connectivity index (χ2v) is 5.88. The maximum atomic E-state index is 12.3. The zero-order valence-electron chi connectivity index (χ0n) is 13.3. The second-order valence-electron chi connectivity index (χ2n) is 5.88. The molecule has 1 saturated heterocycles. The molecular formula is C17H22N4O2. The predicted octanol–water partition coefficient (Wildman–Crippen LogP) is 2.27. The summed E-state index contributed by atoms with van der Waals surface area (Å²) in [5.41, 5.74) is 1.22. The lowest BCUT2D eigenvalue weighted by molar-refractivity contribution is -0.127. The van der Waals surface area contributed by atoms with Crippen LogP contribution in [0.5, 0.6) is 0 Å². The Morgan fingerprint density at radius 1 is 1.39 bits per heavy atom. The van der Waals surface area contributed by atoms with E-state index in [1.807, 2.05) is 36.0 Å². The minimum absolute atomic E-state index is 0.00316. The van der Waals surface area contributed by atoms with Crippen molar-refractivity contribution in [1.82, 2.24) is 14.8 Å². The third-order valence-corrected chi connectivity index (χ3v) is 4.21. The van der Waals surface area contributed by atoms with Gasteiger partial charge in [0.2, 0.25) is 5.91 Å². The van der Waals surface area contributed by atoms with Gasteiger partial charge in [-0.25, -0.2) is 0 Å². The number of rotatable bonds is 5. The van der Waals surface area contributed by atoms with Crippen molar-refractivity contribution in [3.05, 3.63) is 42.4 Å². The molecule has 122 valence electrons. The minimum Gasteiger partial charge on any atom is -0.378 e. The average Bonchev–Trinajstić information content (AvgIpc) is 3.02. The molecule has 2 aromatic heterocycles. The van der Waals surface area contributed by atoms with Crippen LogP contribution in [0.4, 0.5) is 5.82 Å². The van der Waals surface area contributed by atoms with E-state index in [2.05, 4.69) is 15.4 Å². The molecule has 6 nitrogen and oxygen atoms in total. The standard InChI is InChI=1S/C17H22N4O2/c1-13-15(3-2-12-23-13)17(22)19-16-7-11-21(20-16)10-6-14-4-8-18-9-5-14/h4-5,7-9,11,13,15H,2-3,6,10,12H2,1H3,(H,19,20,22)/t13-,15+/m1/s1. The highest BCUT2D eigenvalue weighted by Gasteiger charge is 2.28. The summed E-state index contributed by atoms with van der Waals surface area (Å²) in [5, 5.41) is 7.31. The molecule has 0 unspecified atom stereocenters. The molecule has 3 heterocycles. The Balaban J connectivity index is 1.53. The molecule has 1 fully saturated rings. The summed E-state index contributed by atoms with van der Waals surface area (Å²) in [6.45, 7) is 3.47. The highest BCUT2D eigenvalue weighted by molar-refractivity contribution is 5.92. The van der Waals surface area contributed by atoms with Crippen molar-refractivity contribution in [2.75, 3.05) is 11.9 Å². The Labute approximate surface area is 135 Å². The van der Waals surface area contributed by atoms with Gasteiger partial charge in [-0.2, -0.15) is 5.10 Å². The normalized spacial score (nSPS) is 21.1.